The molecule has 2 N–H and O–H groups in total. The molecule has 0 aliphatic carbocycles. The minimum absolute atomic E-state index is 0.104. The second kappa shape index (κ2) is 12.8. The predicted octanol–water partition coefficient (Wildman–Crippen LogP) is 4.00. The molecule has 5 heterocycles. The van der Waals surface area contributed by atoms with Gasteiger partial charge in [0.25, 0.3) is 5.91 Å². The van der Waals surface area contributed by atoms with E-state index in [1.807, 2.05) is 51.5 Å². The third kappa shape index (κ3) is 7.09. The molecule has 4 aromatic rings. The Balaban J connectivity index is 0.000000541. The van der Waals surface area contributed by atoms with Gasteiger partial charge in [0.05, 0.1) is 27.2 Å². The fraction of sp³-hybridized carbons (Fsp3) is 0.357. The molecule has 1 saturated heterocycles. The number of nitrogens with zero attached hydrogens (tertiary/aromatic N) is 7. The van der Waals surface area contributed by atoms with E-state index in [4.69, 9.17) is 14.9 Å². The molecular weight excluding hydrogens is 587 g/mol. The van der Waals surface area contributed by atoms with Crippen molar-refractivity contribution in [1.82, 2.24) is 24.5 Å². The van der Waals surface area contributed by atoms with Gasteiger partial charge in [-0.2, -0.15) is 23.5 Å². The summed E-state index contributed by atoms with van der Waals surface area (Å²) >= 11 is 1.61. The summed E-state index contributed by atoms with van der Waals surface area (Å²) in [7, 11) is 0. The zero-order chi connectivity index (χ0) is 31.5. The average Bonchev–Trinajstić information content (AvgIpc) is 3.62. The Hall–Kier alpha value is -4.55. The average molecular weight is 616 g/mol. The van der Waals surface area contributed by atoms with Crippen LogP contribution in [0.15, 0.2) is 43.0 Å². The van der Waals surface area contributed by atoms with Crippen LogP contribution in [0.25, 0.3) is 27.1 Å². The molecule has 1 aliphatic heterocycles. The van der Waals surface area contributed by atoms with Crippen LogP contribution in [0.2, 0.25) is 0 Å². The zero-order valence-electron chi connectivity index (χ0n) is 23.4. The summed E-state index contributed by atoms with van der Waals surface area (Å²) in [5.41, 5.74) is 3.99. The van der Waals surface area contributed by atoms with Crippen LogP contribution in [-0.2, 0) is 9.59 Å². The number of carbonyl (C=O) groups is 2. The molecule has 1 aliphatic rings. The van der Waals surface area contributed by atoms with E-state index < -0.39 is 18.2 Å². The zero-order valence-corrected chi connectivity index (χ0v) is 24.2. The molecule has 0 saturated carbocycles. The lowest BCUT2D eigenvalue weighted by Crippen LogP contribution is -2.52. The normalized spacial score (nSPS) is 14.3. The van der Waals surface area contributed by atoms with Gasteiger partial charge in [0.15, 0.2) is 0 Å². The summed E-state index contributed by atoms with van der Waals surface area (Å²) in [6.07, 6.45) is 1.13. The lowest BCUT2D eigenvalue weighted by Gasteiger charge is -2.36. The van der Waals surface area contributed by atoms with Gasteiger partial charge in [-0.15, -0.1) is 11.3 Å². The number of anilines is 1. The number of aliphatic carboxylic acids is 1. The maximum Gasteiger partial charge on any atom is 0.490 e. The summed E-state index contributed by atoms with van der Waals surface area (Å²) in [6, 6.07) is 8.28. The number of carbonyl (C=O) groups excluding carboxylic acids is 1. The molecule has 0 bridgehead atoms. The SMILES string of the molecule is Cc1ncc(-c2cc(-c3ccc(N4CCN(C(=O)[C@H](O)C(C)C)CC4)nc3)c3c(C#N)cnn3c2)s1.O=C(O)C(F)(F)F. The van der Waals surface area contributed by atoms with Gasteiger partial charge in [-0.3, -0.25) is 4.79 Å². The summed E-state index contributed by atoms with van der Waals surface area (Å²) in [5, 5.41) is 32.3. The standard InChI is InChI=1S/C26H27N7O2S.C2HF3O2/c1-16(2)25(34)26(35)32-8-6-31(7-9-32)23-5-4-18(12-29-23)21-10-19(22-14-28-17(3)36-22)15-33-24(21)20(11-27)13-30-33;3-2(4,5)1(6)7/h4-5,10,12-16,25,34H,6-9H2,1-3H3;(H,6,7)/t25-;/m1./s1. The Bertz CT molecular complexity index is 1650. The lowest BCUT2D eigenvalue weighted by atomic mass is 10.0. The number of hydrogen-bond donors (Lipinski definition) is 2. The summed E-state index contributed by atoms with van der Waals surface area (Å²) in [5.74, 6) is -2.24. The first-order chi connectivity index (χ1) is 20.3. The number of pyridine rings is 2. The van der Waals surface area contributed by atoms with Crippen molar-refractivity contribution in [3.63, 3.8) is 0 Å². The van der Waals surface area contributed by atoms with Crippen molar-refractivity contribution in [2.24, 2.45) is 5.92 Å². The smallest absolute Gasteiger partial charge is 0.475 e. The topological polar surface area (TPSA) is 148 Å². The second-order valence-electron chi connectivity index (χ2n) is 10.1. The number of aliphatic hydroxyl groups excluding tert-OH is 1. The van der Waals surface area contributed by atoms with Crippen LogP contribution in [0.1, 0.15) is 24.4 Å². The minimum atomic E-state index is -5.08. The molecule has 0 unspecified atom stereocenters. The lowest BCUT2D eigenvalue weighted by molar-refractivity contribution is -0.192. The predicted molar refractivity (Wildman–Crippen MR) is 152 cm³/mol. The third-order valence-electron chi connectivity index (χ3n) is 6.74. The number of aryl methyl sites for hydroxylation is 1. The van der Waals surface area contributed by atoms with Gasteiger partial charge in [0, 0.05) is 61.5 Å². The maximum absolute atomic E-state index is 12.5. The number of piperazine rings is 1. The van der Waals surface area contributed by atoms with Crippen molar-refractivity contribution in [2.45, 2.75) is 33.1 Å². The van der Waals surface area contributed by atoms with Crippen molar-refractivity contribution >= 4 is 34.5 Å². The summed E-state index contributed by atoms with van der Waals surface area (Å²) in [6.45, 7) is 8.04. The molecular formula is C28H28F3N7O4S. The first kappa shape index (κ1) is 31.4. The van der Waals surface area contributed by atoms with Crippen molar-refractivity contribution in [1.29, 1.82) is 5.26 Å². The van der Waals surface area contributed by atoms with Gasteiger partial charge < -0.3 is 20.0 Å². The number of carboxylic acids is 1. The highest BCUT2D eigenvalue weighted by Crippen LogP contribution is 2.34. The number of alkyl halides is 3. The molecule has 1 fully saturated rings. The number of carboxylic acid groups (broad SMARTS) is 1. The van der Waals surface area contributed by atoms with Crippen LogP contribution >= 0.6 is 11.3 Å². The van der Waals surface area contributed by atoms with Gasteiger partial charge in [0.2, 0.25) is 0 Å². The fourth-order valence-electron chi connectivity index (χ4n) is 4.41. The van der Waals surface area contributed by atoms with Gasteiger partial charge in [-0.25, -0.2) is 19.3 Å². The number of hydrogen-bond acceptors (Lipinski definition) is 9. The molecule has 15 heteroatoms. The van der Waals surface area contributed by atoms with E-state index >= 15 is 0 Å². The van der Waals surface area contributed by atoms with Crippen molar-refractivity contribution in [2.75, 3.05) is 31.1 Å². The molecule has 226 valence electrons. The number of fused-ring (bicyclic) bond motifs is 1. The van der Waals surface area contributed by atoms with Crippen LogP contribution in [-0.4, -0.2) is 85.0 Å². The van der Waals surface area contributed by atoms with E-state index in [-0.39, 0.29) is 11.8 Å². The van der Waals surface area contributed by atoms with Gasteiger partial charge in [0.1, 0.15) is 18.0 Å². The van der Waals surface area contributed by atoms with E-state index in [0.717, 1.165) is 37.9 Å². The largest absolute Gasteiger partial charge is 0.490 e. The number of aliphatic hydroxyl groups is 1. The maximum atomic E-state index is 12.5. The highest BCUT2D eigenvalue weighted by Gasteiger charge is 2.38. The molecule has 0 spiro atoms. The Labute approximate surface area is 248 Å². The van der Waals surface area contributed by atoms with Crippen molar-refractivity contribution in [3.05, 3.63) is 53.6 Å². The molecule has 5 rings (SSSR count). The quantitative estimate of drug-likeness (QED) is 0.340. The molecule has 1 atom stereocenters. The number of aromatic nitrogens is 4. The molecule has 43 heavy (non-hydrogen) atoms. The second-order valence-corrected chi connectivity index (χ2v) is 11.3. The Morgan fingerprint density at radius 3 is 2.26 bits per heavy atom. The molecule has 1 amide bonds. The van der Waals surface area contributed by atoms with E-state index in [1.54, 1.807) is 26.9 Å². The molecule has 0 radical (unpaired) electrons. The van der Waals surface area contributed by atoms with E-state index in [1.165, 1.54) is 0 Å². The number of amides is 1. The number of rotatable bonds is 5. The summed E-state index contributed by atoms with van der Waals surface area (Å²) in [4.78, 5) is 35.3. The first-order valence-electron chi connectivity index (χ1n) is 13.1. The van der Waals surface area contributed by atoms with Gasteiger partial charge in [-0.05, 0) is 31.0 Å². The number of nitriles is 1. The van der Waals surface area contributed by atoms with E-state index in [2.05, 4.69) is 27.1 Å². The van der Waals surface area contributed by atoms with Crippen molar-refractivity contribution in [3.8, 4) is 27.6 Å². The van der Waals surface area contributed by atoms with Crippen LogP contribution in [0.3, 0.4) is 0 Å². The van der Waals surface area contributed by atoms with Crippen LogP contribution in [0.4, 0.5) is 19.0 Å². The van der Waals surface area contributed by atoms with E-state index in [9.17, 15) is 28.3 Å². The van der Waals surface area contributed by atoms with Crippen LogP contribution in [0.5, 0.6) is 0 Å². The minimum Gasteiger partial charge on any atom is -0.475 e. The van der Waals surface area contributed by atoms with Crippen molar-refractivity contribution < 1.29 is 33.0 Å². The monoisotopic (exact) mass is 615 g/mol. The van der Waals surface area contributed by atoms with Gasteiger partial charge in [-0.1, -0.05) is 13.8 Å². The Morgan fingerprint density at radius 2 is 1.74 bits per heavy atom. The highest BCUT2D eigenvalue weighted by molar-refractivity contribution is 7.15. The number of thiazole rings is 1. The number of halogens is 3. The Kier molecular flexibility index (Phi) is 9.31. The molecule has 0 aromatic carbocycles. The van der Waals surface area contributed by atoms with Crippen LogP contribution in [0, 0.1) is 24.2 Å². The van der Waals surface area contributed by atoms with E-state index in [0.29, 0.717) is 31.7 Å². The molecule has 11 nitrogen and oxygen atoms in total. The van der Waals surface area contributed by atoms with Gasteiger partial charge >= 0.3 is 12.1 Å². The fourth-order valence-corrected chi connectivity index (χ4v) is 5.17. The Morgan fingerprint density at radius 1 is 1.07 bits per heavy atom. The summed E-state index contributed by atoms with van der Waals surface area (Å²) < 4.78 is 33.5. The molecule has 4 aromatic heterocycles. The first-order valence-corrected chi connectivity index (χ1v) is 13.9. The van der Waals surface area contributed by atoms with Crippen LogP contribution < -0.4 is 4.90 Å². The third-order valence-corrected chi connectivity index (χ3v) is 7.70. The highest BCUT2D eigenvalue weighted by atomic mass is 32.1.